The second-order valence-electron chi connectivity index (χ2n) is 8.02. The van der Waals surface area contributed by atoms with Gasteiger partial charge in [-0.1, -0.05) is 25.3 Å². The molecule has 0 spiro atoms. The minimum Gasteiger partial charge on any atom is -0.494 e. The number of nitrogens with one attached hydrogen (secondary N) is 1. The van der Waals surface area contributed by atoms with Crippen LogP contribution in [0.3, 0.4) is 0 Å². The lowest BCUT2D eigenvalue weighted by Gasteiger charge is -2.28. The zero-order chi connectivity index (χ0) is 21.8. The first kappa shape index (κ1) is 21.1. The van der Waals surface area contributed by atoms with E-state index >= 15 is 0 Å². The number of fused-ring (bicyclic) bond motifs is 1. The lowest BCUT2D eigenvalue weighted by atomic mass is 9.88. The van der Waals surface area contributed by atoms with Crippen molar-refractivity contribution in [3.63, 3.8) is 0 Å². The molecule has 1 unspecified atom stereocenters. The summed E-state index contributed by atoms with van der Waals surface area (Å²) in [5.74, 6) is 0.551. The third kappa shape index (κ3) is 4.49. The summed E-state index contributed by atoms with van der Waals surface area (Å²) in [5, 5.41) is 14.8. The zero-order valence-corrected chi connectivity index (χ0v) is 17.7. The number of hydrogen-bond donors (Lipinski definition) is 2. The fraction of sp³-hybridized carbons (Fsp3) is 0.360. The summed E-state index contributed by atoms with van der Waals surface area (Å²) in [6.07, 6.45) is 6.05. The van der Waals surface area contributed by atoms with Crippen molar-refractivity contribution in [2.45, 2.75) is 45.3 Å². The number of aliphatic hydroxyl groups is 1. The van der Waals surface area contributed by atoms with E-state index in [4.69, 9.17) is 4.74 Å². The number of amides is 1. The van der Waals surface area contributed by atoms with Gasteiger partial charge in [0, 0.05) is 34.1 Å². The predicted octanol–water partition coefficient (Wildman–Crippen LogP) is 4.72. The van der Waals surface area contributed by atoms with E-state index in [9.17, 15) is 14.7 Å². The van der Waals surface area contributed by atoms with Gasteiger partial charge in [-0.3, -0.25) is 14.2 Å². The van der Waals surface area contributed by atoms with Crippen molar-refractivity contribution < 1.29 is 14.6 Å². The highest BCUT2D eigenvalue weighted by molar-refractivity contribution is 6.09. The molecule has 1 aliphatic carbocycles. The summed E-state index contributed by atoms with van der Waals surface area (Å²) in [6, 6.07) is 14.0. The summed E-state index contributed by atoms with van der Waals surface area (Å²) in [5.41, 5.74) is 0.821. The maximum Gasteiger partial charge on any atom is 0.260 e. The minimum atomic E-state index is -0.820. The van der Waals surface area contributed by atoms with Gasteiger partial charge in [-0.25, -0.2) is 0 Å². The Bertz CT molecular complexity index is 1110. The Morgan fingerprint density at radius 2 is 1.84 bits per heavy atom. The summed E-state index contributed by atoms with van der Waals surface area (Å²) in [4.78, 5) is 25.8. The number of aliphatic hydroxyl groups excluding tert-OH is 1. The molecule has 0 bridgehead atoms. The Balaban J connectivity index is 1.60. The van der Waals surface area contributed by atoms with E-state index in [-0.39, 0.29) is 17.4 Å². The van der Waals surface area contributed by atoms with Gasteiger partial charge in [-0.05, 0) is 62.2 Å². The van der Waals surface area contributed by atoms with Gasteiger partial charge < -0.3 is 15.2 Å². The number of aromatic nitrogens is 1. The maximum absolute atomic E-state index is 13.1. The van der Waals surface area contributed by atoms with E-state index in [1.54, 1.807) is 54.7 Å². The molecule has 2 aromatic carbocycles. The molecule has 6 nitrogen and oxygen atoms in total. The number of anilines is 1. The van der Waals surface area contributed by atoms with Gasteiger partial charge in [0.2, 0.25) is 0 Å². The second kappa shape index (κ2) is 9.35. The van der Waals surface area contributed by atoms with Crippen LogP contribution >= 0.6 is 0 Å². The summed E-state index contributed by atoms with van der Waals surface area (Å²) in [7, 11) is 0. The van der Waals surface area contributed by atoms with E-state index in [1.807, 2.05) is 6.92 Å². The van der Waals surface area contributed by atoms with Crippen molar-refractivity contribution in [3.05, 3.63) is 70.6 Å². The van der Waals surface area contributed by atoms with Gasteiger partial charge in [-0.2, -0.15) is 0 Å². The van der Waals surface area contributed by atoms with Gasteiger partial charge in [0.1, 0.15) is 12.0 Å². The first-order valence-electron chi connectivity index (χ1n) is 10.9. The zero-order valence-electron chi connectivity index (χ0n) is 17.7. The molecule has 1 fully saturated rings. The van der Waals surface area contributed by atoms with Crippen LogP contribution in [0.25, 0.3) is 10.8 Å². The molecule has 1 aromatic heterocycles. The van der Waals surface area contributed by atoms with Crippen molar-refractivity contribution in [1.29, 1.82) is 0 Å². The topological polar surface area (TPSA) is 80.6 Å². The summed E-state index contributed by atoms with van der Waals surface area (Å²) in [6.45, 7) is 2.47. The van der Waals surface area contributed by atoms with E-state index < -0.39 is 6.23 Å². The molecule has 0 saturated heterocycles. The standard InChI is InChI=1S/C25H28N2O4/c1-2-31-19-13-11-17(12-14-19)23(28)26-22-10-6-9-21-20(22)15-16-27(25(21)30)24(29)18-7-4-3-5-8-18/h6,9-16,18,24,29H,2-5,7-8H2,1H3,(H,26,28). The first-order chi connectivity index (χ1) is 15.1. The Morgan fingerprint density at radius 1 is 1.10 bits per heavy atom. The van der Waals surface area contributed by atoms with Gasteiger partial charge in [0.25, 0.3) is 11.5 Å². The molecule has 4 rings (SSSR count). The SMILES string of the molecule is CCOc1ccc(C(=O)Nc2cccc3c(=O)n(C(O)C4CCCCC4)ccc23)cc1. The molecule has 0 radical (unpaired) electrons. The van der Waals surface area contributed by atoms with Gasteiger partial charge in [0.05, 0.1) is 6.61 Å². The number of ether oxygens (including phenoxy) is 1. The number of rotatable bonds is 6. The molecule has 162 valence electrons. The largest absolute Gasteiger partial charge is 0.494 e. The third-order valence-corrected chi connectivity index (χ3v) is 6.01. The number of carbonyl (C=O) groups is 1. The normalized spacial score (nSPS) is 15.5. The molecular formula is C25H28N2O4. The second-order valence-corrected chi connectivity index (χ2v) is 8.02. The van der Waals surface area contributed by atoms with Crippen LogP contribution in [0.4, 0.5) is 5.69 Å². The van der Waals surface area contributed by atoms with Crippen molar-refractivity contribution in [2.24, 2.45) is 5.92 Å². The molecule has 31 heavy (non-hydrogen) atoms. The van der Waals surface area contributed by atoms with E-state index in [1.165, 1.54) is 11.0 Å². The lowest BCUT2D eigenvalue weighted by Crippen LogP contribution is -2.30. The molecule has 6 heteroatoms. The molecule has 1 saturated carbocycles. The fourth-order valence-corrected chi connectivity index (χ4v) is 4.33. The van der Waals surface area contributed by atoms with Crippen molar-refractivity contribution in [2.75, 3.05) is 11.9 Å². The van der Waals surface area contributed by atoms with Crippen LogP contribution in [0.15, 0.2) is 59.5 Å². The van der Waals surface area contributed by atoms with Crippen LogP contribution < -0.4 is 15.6 Å². The fourth-order valence-electron chi connectivity index (χ4n) is 4.33. The number of hydrogen-bond acceptors (Lipinski definition) is 4. The molecule has 0 aliphatic heterocycles. The number of benzene rings is 2. The molecule has 2 N–H and O–H groups in total. The predicted molar refractivity (Wildman–Crippen MR) is 122 cm³/mol. The highest BCUT2D eigenvalue weighted by Crippen LogP contribution is 2.31. The van der Waals surface area contributed by atoms with E-state index in [0.717, 1.165) is 25.7 Å². The van der Waals surface area contributed by atoms with Crippen LogP contribution in [0.1, 0.15) is 55.6 Å². The van der Waals surface area contributed by atoms with Crippen molar-refractivity contribution >= 4 is 22.4 Å². The quantitative estimate of drug-likeness (QED) is 0.604. The Labute approximate surface area is 181 Å². The minimum absolute atomic E-state index is 0.103. The van der Waals surface area contributed by atoms with Crippen LogP contribution in [0.2, 0.25) is 0 Å². The van der Waals surface area contributed by atoms with E-state index in [2.05, 4.69) is 5.32 Å². The van der Waals surface area contributed by atoms with Gasteiger partial charge in [0.15, 0.2) is 0 Å². The lowest BCUT2D eigenvalue weighted by molar-refractivity contribution is 0.0210. The average Bonchev–Trinajstić information content (AvgIpc) is 2.80. The smallest absolute Gasteiger partial charge is 0.260 e. The van der Waals surface area contributed by atoms with Crippen LogP contribution in [-0.4, -0.2) is 22.2 Å². The van der Waals surface area contributed by atoms with Crippen LogP contribution in [0, 0.1) is 5.92 Å². The summed E-state index contributed by atoms with van der Waals surface area (Å²) >= 11 is 0. The molecule has 1 atom stereocenters. The van der Waals surface area contributed by atoms with E-state index in [0.29, 0.717) is 34.4 Å². The molecule has 3 aromatic rings. The van der Waals surface area contributed by atoms with Gasteiger partial charge >= 0.3 is 0 Å². The Hall–Kier alpha value is -3.12. The molecule has 1 amide bonds. The number of nitrogens with zero attached hydrogens (tertiary/aromatic N) is 1. The summed E-state index contributed by atoms with van der Waals surface area (Å²) < 4.78 is 6.84. The molecular weight excluding hydrogens is 392 g/mol. The monoisotopic (exact) mass is 420 g/mol. The molecule has 1 aliphatic rings. The Morgan fingerprint density at radius 3 is 2.55 bits per heavy atom. The number of carbonyl (C=O) groups excluding carboxylic acids is 1. The highest BCUT2D eigenvalue weighted by atomic mass is 16.5. The third-order valence-electron chi connectivity index (χ3n) is 6.01. The van der Waals surface area contributed by atoms with Crippen LogP contribution in [-0.2, 0) is 0 Å². The van der Waals surface area contributed by atoms with Crippen molar-refractivity contribution in [1.82, 2.24) is 4.57 Å². The maximum atomic E-state index is 13.1. The first-order valence-corrected chi connectivity index (χ1v) is 10.9. The highest BCUT2D eigenvalue weighted by Gasteiger charge is 2.24. The van der Waals surface area contributed by atoms with Crippen molar-refractivity contribution in [3.8, 4) is 5.75 Å². The average molecular weight is 421 g/mol. The van der Waals surface area contributed by atoms with Crippen LogP contribution in [0.5, 0.6) is 5.75 Å². The number of pyridine rings is 1. The Kier molecular flexibility index (Phi) is 6.37. The molecule has 1 heterocycles. The van der Waals surface area contributed by atoms with Gasteiger partial charge in [-0.15, -0.1) is 0 Å².